The van der Waals surface area contributed by atoms with Crippen molar-refractivity contribution in [3.63, 3.8) is 0 Å². The van der Waals surface area contributed by atoms with Crippen molar-refractivity contribution in [2.75, 3.05) is 5.73 Å². The van der Waals surface area contributed by atoms with Gasteiger partial charge in [-0.1, -0.05) is 30.5 Å². The summed E-state index contributed by atoms with van der Waals surface area (Å²) in [5.41, 5.74) is 7.72. The second kappa shape index (κ2) is 7.92. The molecule has 0 amide bonds. The summed E-state index contributed by atoms with van der Waals surface area (Å²) in [4.78, 5) is 10.3. The molecule has 7 nitrogen and oxygen atoms in total. The molecule has 0 radical (unpaired) electrons. The van der Waals surface area contributed by atoms with Crippen LogP contribution in [0.2, 0.25) is 0 Å². The van der Waals surface area contributed by atoms with Gasteiger partial charge >= 0.3 is 0 Å². The van der Waals surface area contributed by atoms with Crippen LogP contribution in [0, 0.1) is 24.0 Å². The third kappa shape index (κ3) is 4.32. The molecule has 1 heterocycles. The van der Waals surface area contributed by atoms with Crippen LogP contribution in [0.1, 0.15) is 43.6 Å². The van der Waals surface area contributed by atoms with Crippen LogP contribution in [0.15, 0.2) is 22.7 Å². The van der Waals surface area contributed by atoms with Gasteiger partial charge in [-0.05, 0) is 38.3 Å². The number of benzene rings is 1. The zero-order chi connectivity index (χ0) is 17.7. The molecule has 0 bridgehead atoms. The minimum absolute atomic E-state index is 0.0359. The van der Waals surface area contributed by atoms with E-state index in [1.54, 1.807) is 19.9 Å². The maximum absolute atomic E-state index is 10.8. The highest BCUT2D eigenvalue weighted by atomic mass is 16.6. The van der Waals surface area contributed by atoms with Gasteiger partial charge in [-0.15, -0.1) is 0 Å². The Hall–Kier alpha value is -2.41. The number of hydrogen-bond donors (Lipinski definition) is 2. The van der Waals surface area contributed by atoms with E-state index < -0.39 is 4.92 Å². The number of nitro benzene ring substituents is 1. The molecule has 24 heavy (non-hydrogen) atoms. The molecular weight excluding hydrogens is 310 g/mol. The summed E-state index contributed by atoms with van der Waals surface area (Å²) >= 11 is 0. The van der Waals surface area contributed by atoms with E-state index in [1.165, 1.54) is 31.4 Å². The fraction of sp³-hybridized carbons (Fsp3) is 0.471. The number of aliphatic hydroxyl groups excluding tert-OH is 1. The summed E-state index contributed by atoms with van der Waals surface area (Å²) in [6, 6.07) is 4.66. The summed E-state index contributed by atoms with van der Waals surface area (Å²) in [7, 11) is 0. The van der Waals surface area contributed by atoms with Crippen LogP contribution >= 0.6 is 0 Å². The number of anilines is 1. The lowest BCUT2D eigenvalue weighted by molar-refractivity contribution is -0.383. The van der Waals surface area contributed by atoms with E-state index in [4.69, 9.17) is 15.4 Å². The molecule has 1 saturated carbocycles. The van der Waals surface area contributed by atoms with Crippen LogP contribution in [0.3, 0.4) is 0 Å². The fourth-order valence-corrected chi connectivity index (χ4v) is 2.83. The molecule has 0 aliphatic heterocycles. The van der Waals surface area contributed by atoms with Gasteiger partial charge in [0.15, 0.2) is 0 Å². The highest BCUT2D eigenvalue weighted by Gasteiger charge is 2.17. The Balaban J connectivity index is 0.000000249. The highest BCUT2D eigenvalue weighted by Crippen LogP contribution is 2.32. The van der Waals surface area contributed by atoms with Gasteiger partial charge in [0.2, 0.25) is 0 Å². The summed E-state index contributed by atoms with van der Waals surface area (Å²) in [6.45, 7) is 3.55. The van der Waals surface area contributed by atoms with Gasteiger partial charge in [0.1, 0.15) is 11.4 Å². The van der Waals surface area contributed by atoms with E-state index in [-0.39, 0.29) is 17.5 Å². The molecule has 1 aliphatic rings. The van der Waals surface area contributed by atoms with Gasteiger partial charge in [0.05, 0.1) is 16.7 Å². The van der Waals surface area contributed by atoms with Crippen molar-refractivity contribution >= 4 is 11.4 Å². The molecule has 0 unspecified atom stereocenters. The Morgan fingerprint density at radius 2 is 1.96 bits per heavy atom. The van der Waals surface area contributed by atoms with Crippen LogP contribution in [0.4, 0.5) is 11.4 Å². The van der Waals surface area contributed by atoms with E-state index in [9.17, 15) is 10.1 Å². The van der Waals surface area contributed by atoms with Crippen molar-refractivity contribution < 1.29 is 14.6 Å². The Labute approximate surface area is 140 Å². The first-order valence-electron chi connectivity index (χ1n) is 8.05. The number of rotatable bonds is 2. The maximum Gasteiger partial charge on any atom is 0.292 e. The van der Waals surface area contributed by atoms with Crippen molar-refractivity contribution in [2.45, 2.75) is 52.1 Å². The smallest absolute Gasteiger partial charge is 0.292 e. The number of nitrogens with two attached hydrogens (primary N) is 1. The van der Waals surface area contributed by atoms with E-state index in [0.29, 0.717) is 17.0 Å². The molecule has 2 aromatic rings. The lowest BCUT2D eigenvalue weighted by atomic mass is 9.98. The van der Waals surface area contributed by atoms with Crippen LogP contribution < -0.4 is 5.73 Å². The van der Waals surface area contributed by atoms with E-state index in [2.05, 4.69) is 5.16 Å². The normalized spacial score (nSPS) is 14.8. The third-order valence-corrected chi connectivity index (χ3v) is 4.12. The lowest BCUT2D eigenvalue weighted by Gasteiger charge is -2.14. The number of nitrogens with zero attached hydrogens (tertiary/aromatic N) is 2. The first-order chi connectivity index (χ1) is 11.4. The molecule has 0 spiro atoms. The van der Waals surface area contributed by atoms with Gasteiger partial charge in [-0.2, -0.15) is 0 Å². The topological polar surface area (TPSA) is 115 Å². The number of aromatic nitrogens is 1. The fourth-order valence-electron chi connectivity index (χ4n) is 2.83. The zero-order valence-corrected chi connectivity index (χ0v) is 14.0. The first kappa shape index (κ1) is 17.9. The van der Waals surface area contributed by atoms with Gasteiger partial charge in [-0.25, -0.2) is 0 Å². The van der Waals surface area contributed by atoms with Gasteiger partial charge in [0.25, 0.3) is 5.69 Å². The number of nitrogen functional groups attached to an aromatic ring is 1. The Morgan fingerprint density at radius 1 is 1.29 bits per heavy atom. The monoisotopic (exact) mass is 333 g/mol. The molecule has 1 fully saturated rings. The molecule has 1 aliphatic carbocycles. The second-order valence-corrected chi connectivity index (χ2v) is 6.02. The summed E-state index contributed by atoms with van der Waals surface area (Å²) in [5, 5.41) is 23.5. The molecular formula is C17H23N3O4. The summed E-state index contributed by atoms with van der Waals surface area (Å²) in [5.74, 6) is 0.626. The predicted octanol–water partition coefficient (Wildman–Crippen LogP) is 3.76. The van der Waals surface area contributed by atoms with E-state index in [0.717, 1.165) is 18.4 Å². The number of hydrogen-bond acceptors (Lipinski definition) is 6. The van der Waals surface area contributed by atoms with Gasteiger partial charge in [-0.3, -0.25) is 10.1 Å². The lowest BCUT2D eigenvalue weighted by Crippen LogP contribution is -2.09. The van der Waals surface area contributed by atoms with Gasteiger partial charge in [0, 0.05) is 11.6 Å². The molecule has 3 rings (SSSR count). The van der Waals surface area contributed by atoms with E-state index in [1.807, 2.05) is 0 Å². The van der Waals surface area contributed by atoms with Gasteiger partial charge < -0.3 is 15.4 Å². The first-order valence-corrected chi connectivity index (χ1v) is 8.05. The zero-order valence-electron chi connectivity index (χ0n) is 14.0. The highest BCUT2D eigenvalue weighted by molar-refractivity contribution is 5.74. The standard InChI is InChI=1S/C11H11N3O3.C6H12O/c1-6-11(7(2)17-13-6)8-3-4-9(12)10(5-8)14(15)16;7-6-4-2-1-3-5-6/h3-5H,12H2,1-2H3;6-7H,1-5H2. The van der Waals surface area contributed by atoms with Crippen molar-refractivity contribution in [3.8, 4) is 11.1 Å². The van der Waals surface area contributed by atoms with Crippen molar-refractivity contribution in [1.82, 2.24) is 5.16 Å². The molecule has 130 valence electrons. The number of aliphatic hydroxyl groups is 1. The number of nitro groups is 1. The predicted molar refractivity (Wildman–Crippen MR) is 91.6 cm³/mol. The van der Waals surface area contributed by atoms with Crippen molar-refractivity contribution in [3.05, 3.63) is 39.8 Å². The summed E-state index contributed by atoms with van der Waals surface area (Å²) < 4.78 is 5.03. The van der Waals surface area contributed by atoms with Crippen LogP contribution in [-0.2, 0) is 0 Å². The second-order valence-electron chi connectivity index (χ2n) is 6.02. The van der Waals surface area contributed by atoms with Crippen LogP contribution in [0.25, 0.3) is 11.1 Å². The molecule has 1 aromatic heterocycles. The SMILES string of the molecule is Cc1noc(C)c1-c1ccc(N)c([N+](=O)[O-])c1.OC1CCCCC1. The largest absolute Gasteiger partial charge is 0.393 e. The Morgan fingerprint density at radius 3 is 2.42 bits per heavy atom. The minimum atomic E-state index is -0.503. The molecule has 0 saturated heterocycles. The minimum Gasteiger partial charge on any atom is -0.393 e. The summed E-state index contributed by atoms with van der Waals surface area (Å²) in [6.07, 6.45) is 5.92. The Bertz CT molecular complexity index is 686. The maximum atomic E-state index is 10.8. The molecule has 3 N–H and O–H groups in total. The average molecular weight is 333 g/mol. The quantitative estimate of drug-likeness (QED) is 0.491. The van der Waals surface area contributed by atoms with Crippen molar-refractivity contribution in [1.29, 1.82) is 0 Å². The number of aryl methyl sites for hydroxylation is 2. The molecule has 1 aromatic carbocycles. The van der Waals surface area contributed by atoms with Crippen LogP contribution in [0.5, 0.6) is 0 Å². The van der Waals surface area contributed by atoms with Crippen LogP contribution in [-0.4, -0.2) is 21.3 Å². The average Bonchev–Trinajstić information content (AvgIpc) is 2.88. The van der Waals surface area contributed by atoms with E-state index >= 15 is 0 Å². The third-order valence-electron chi connectivity index (χ3n) is 4.12. The molecule has 0 atom stereocenters. The van der Waals surface area contributed by atoms with Crippen molar-refractivity contribution in [2.24, 2.45) is 0 Å². The Kier molecular flexibility index (Phi) is 5.92. The molecule has 7 heteroatoms.